The molecule has 0 saturated carbocycles. The predicted molar refractivity (Wildman–Crippen MR) is 53.6 cm³/mol. The number of ether oxygens (including phenoxy) is 1. The van der Waals surface area contributed by atoms with Gasteiger partial charge >= 0.3 is 0 Å². The number of nitrogens with zero attached hydrogens (tertiary/aromatic N) is 2. The Morgan fingerprint density at radius 3 is 2.69 bits per heavy atom. The van der Waals surface area contributed by atoms with Crippen LogP contribution in [-0.4, -0.2) is 38.9 Å². The van der Waals surface area contributed by atoms with Gasteiger partial charge in [-0.2, -0.15) is 0 Å². The fourth-order valence-corrected chi connectivity index (χ4v) is 1.10. The summed E-state index contributed by atoms with van der Waals surface area (Å²) in [5.41, 5.74) is 1.39. The molecule has 0 saturated heterocycles. The summed E-state index contributed by atoms with van der Waals surface area (Å²) >= 11 is 0. The first-order valence-corrected chi connectivity index (χ1v) is 4.07. The van der Waals surface area contributed by atoms with Crippen molar-refractivity contribution in [1.29, 1.82) is 0 Å². The molecule has 0 aliphatic rings. The molecule has 0 aliphatic carbocycles. The average molecular weight is 176 g/mol. The zero-order valence-electron chi connectivity index (χ0n) is 8.24. The highest BCUT2D eigenvalue weighted by Crippen LogP contribution is 2.14. The van der Waals surface area contributed by atoms with Gasteiger partial charge in [0.25, 0.3) is 0 Å². The summed E-state index contributed by atoms with van der Waals surface area (Å²) in [6.07, 6.45) is 0. The Labute approximate surface area is 80.1 Å². The molecular weight excluding hydrogens is 163 g/mol. The van der Waals surface area contributed by atoms with Crippen molar-refractivity contribution in [1.82, 2.24) is 9.88 Å². The third kappa shape index (κ3) is 2.74. The van der Waals surface area contributed by atoms with Crippen LogP contribution < -0.4 is 10.3 Å². The summed E-state index contributed by atoms with van der Waals surface area (Å²) < 4.78 is 5.16. The summed E-state index contributed by atoms with van der Waals surface area (Å²) in [6.45, 7) is 0.730. The molecule has 1 rings (SSSR count). The van der Waals surface area contributed by atoms with Crippen molar-refractivity contribution in [3.05, 3.63) is 17.8 Å². The Morgan fingerprint density at radius 1 is 1.46 bits per heavy atom. The van der Waals surface area contributed by atoms with E-state index in [9.17, 15) is 0 Å². The lowest BCUT2D eigenvalue weighted by Crippen LogP contribution is -2.17. The van der Waals surface area contributed by atoms with Gasteiger partial charge in [-0.1, -0.05) is 0 Å². The van der Waals surface area contributed by atoms with Crippen LogP contribution in [0.15, 0.2) is 12.1 Å². The van der Waals surface area contributed by atoms with E-state index in [2.05, 4.69) is 4.98 Å². The lowest BCUT2D eigenvalue weighted by Gasteiger charge is -2.12. The molecule has 1 aromatic heterocycles. The first-order valence-electron chi connectivity index (χ1n) is 4.07. The highest BCUT2D eigenvalue weighted by molar-refractivity contribution is 6.30. The monoisotopic (exact) mass is 176 g/mol. The van der Waals surface area contributed by atoms with Gasteiger partial charge in [-0.05, 0) is 31.8 Å². The van der Waals surface area contributed by atoms with E-state index in [4.69, 9.17) is 12.6 Å². The van der Waals surface area contributed by atoms with Crippen LogP contribution in [0.4, 0.5) is 0 Å². The highest BCUT2D eigenvalue weighted by Gasteiger charge is 2.04. The SMILES string of the molecule is [B]c1ccc(OC)c(CN(C)C)n1. The Kier molecular flexibility index (Phi) is 3.31. The highest BCUT2D eigenvalue weighted by atomic mass is 16.5. The molecule has 3 nitrogen and oxygen atoms in total. The fourth-order valence-electron chi connectivity index (χ4n) is 1.10. The van der Waals surface area contributed by atoms with Crippen LogP contribution in [0.25, 0.3) is 0 Å². The van der Waals surface area contributed by atoms with Crippen molar-refractivity contribution in [3.8, 4) is 5.75 Å². The maximum atomic E-state index is 5.57. The van der Waals surface area contributed by atoms with Gasteiger partial charge in [0.1, 0.15) is 13.6 Å². The smallest absolute Gasteiger partial charge is 0.141 e. The summed E-state index contributed by atoms with van der Waals surface area (Å²) in [6, 6.07) is 3.57. The molecule has 0 spiro atoms. The van der Waals surface area contributed by atoms with Crippen LogP contribution in [-0.2, 0) is 6.54 Å². The van der Waals surface area contributed by atoms with Gasteiger partial charge in [-0.25, -0.2) is 0 Å². The summed E-state index contributed by atoms with van der Waals surface area (Å²) in [5.74, 6) is 0.780. The van der Waals surface area contributed by atoms with Crippen LogP contribution in [0.2, 0.25) is 0 Å². The Balaban J connectivity index is 2.94. The van der Waals surface area contributed by atoms with Gasteiger partial charge in [-0.3, -0.25) is 4.98 Å². The molecule has 0 amide bonds. The third-order valence-corrected chi connectivity index (χ3v) is 1.64. The molecule has 1 aromatic rings. The largest absolute Gasteiger partial charge is 0.495 e. The van der Waals surface area contributed by atoms with E-state index in [0.29, 0.717) is 5.59 Å². The topological polar surface area (TPSA) is 25.4 Å². The molecule has 2 radical (unpaired) electrons. The van der Waals surface area contributed by atoms with E-state index in [1.54, 1.807) is 13.2 Å². The minimum Gasteiger partial charge on any atom is -0.495 e. The summed E-state index contributed by atoms with van der Waals surface area (Å²) in [7, 11) is 11.2. The number of aromatic nitrogens is 1. The van der Waals surface area contributed by atoms with Crippen molar-refractivity contribution in [2.75, 3.05) is 21.2 Å². The zero-order valence-corrected chi connectivity index (χ0v) is 8.24. The Hall–Kier alpha value is -1.03. The molecule has 0 unspecified atom stereocenters. The van der Waals surface area contributed by atoms with Crippen molar-refractivity contribution >= 4 is 13.4 Å². The van der Waals surface area contributed by atoms with Gasteiger partial charge in [0, 0.05) is 6.54 Å². The van der Waals surface area contributed by atoms with Crippen LogP contribution in [0.1, 0.15) is 5.69 Å². The van der Waals surface area contributed by atoms with Crippen molar-refractivity contribution < 1.29 is 4.74 Å². The molecule has 13 heavy (non-hydrogen) atoms. The fraction of sp³-hybridized carbons (Fsp3) is 0.444. The first-order chi connectivity index (χ1) is 6.13. The number of pyridine rings is 1. The van der Waals surface area contributed by atoms with E-state index >= 15 is 0 Å². The molecule has 0 aliphatic heterocycles. The molecular formula is C9H13BN2O. The Bertz CT molecular complexity index is 289. The molecule has 0 aromatic carbocycles. The van der Waals surface area contributed by atoms with Gasteiger partial charge in [-0.15, -0.1) is 0 Å². The van der Waals surface area contributed by atoms with Gasteiger partial charge < -0.3 is 9.64 Å². The molecule has 0 atom stereocenters. The second-order valence-electron chi connectivity index (χ2n) is 3.12. The van der Waals surface area contributed by atoms with E-state index in [0.717, 1.165) is 18.0 Å². The van der Waals surface area contributed by atoms with Crippen molar-refractivity contribution in [2.24, 2.45) is 0 Å². The lowest BCUT2D eigenvalue weighted by atomic mass is 10.0. The summed E-state index contributed by atoms with van der Waals surface area (Å²) in [5, 5.41) is 0. The first kappa shape index (κ1) is 10.1. The molecule has 68 valence electrons. The zero-order chi connectivity index (χ0) is 9.84. The van der Waals surface area contributed by atoms with Crippen LogP contribution >= 0.6 is 0 Å². The second kappa shape index (κ2) is 4.28. The van der Waals surface area contributed by atoms with E-state index in [1.165, 1.54) is 0 Å². The van der Waals surface area contributed by atoms with Crippen molar-refractivity contribution in [3.63, 3.8) is 0 Å². The molecule has 4 heteroatoms. The molecule has 0 bridgehead atoms. The van der Waals surface area contributed by atoms with Crippen LogP contribution in [0, 0.1) is 0 Å². The number of methoxy groups -OCH3 is 1. The van der Waals surface area contributed by atoms with Crippen LogP contribution in [0.3, 0.4) is 0 Å². The Morgan fingerprint density at radius 2 is 2.15 bits per heavy atom. The van der Waals surface area contributed by atoms with E-state index < -0.39 is 0 Å². The third-order valence-electron chi connectivity index (χ3n) is 1.64. The van der Waals surface area contributed by atoms with Crippen LogP contribution in [0.5, 0.6) is 5.75 Å². The quantitative estimate of drug-likeness (QED) is 0.603. The lowest BCUT2D eigenvalue weighted by molar-refractivity contribution is 0.366. The minimum absolute atomic E-state index is 0.526. The minimum atomic E-state index is 0.526. The molecule has 0 fully saturated rings. The maximum absolute atomic E-state index is 5.57. The standard InChI is InChI=1S/C9H13BN2O/c1-12(2)6-7-8(13-3)4-5-9(10)11-7/h4-5H,6H2,1-3H3. The number of hydrogen-bond donors (Lipinski definition) is 0. The summed E-state index contributed by atoms with van der Waals surface area (Å²) in [4.78, 5) is 6.21. The van der Waals surface area contributed by atoms with Crippen molar-refractivity contribution in [2.45, 2.75) is 6.54 Å². The van der Waals surface area contributed by atoms with E-state index in [1.807, 2.05) is 25.1 Å². The normalized spacial score (nSPS) is 10.5. The van der Waals surface area contributed by atoms with Gasteiger partial charge in [0.15, 0.2) is 0 Å². The molecule has 0 N–H and O–H groups in total. The predicted octanol–water partition coefficient (Wildman–Crippen LogP) is -0.0544. The van der Waals surface area contributed by atoms with Gasteiger partial charge in [0.05, 0.1) is 12.8 Å². The second-order valence-corrected chi connectivity index (χ2v) is 3.12. The van der Waals surface area contributed by atoms with Gasteiger partial charge in [0.2, 0.25) is 0 Å². The maximum Gasteiger partial charge on any atom is 0.141 e. The van der Waals surface area contributed by atoms with E-state index in [-0.39, 0.29) is 0 Å². The number of rotatable bonds is 3. The average Bonchev–Trinajstić information content (AvgIpc) is 2.03. The number of hydrogen-bond acceptors (Lipinski definition) is 3. The molecule has 1 heterocycles.